The van der Waals surface area contributed by atoms with Crippen LogP contribution in [0.3, 0.4) is 0 Å². The smallest absolute Gasteiger partial charge is 0.237 e. The molecule has 0 fully saturated rings. The second-order valence-corrected chi connectivity index (χ2v) is 12.2. The summed E-state index contributed by atoms with van der Waals surface area (Å²) in [5.41, 5.74) is -15.3. The molecule has 0 N–H and O–H groups in total. The molecule has 0 amide bonds. The van der Waals surface area contributed by atoms with E-state index in [4.69, 9.17) is 0 Å². The van der Waals surface area contributed by atoms with Crippen molar-refractivity contribution in [3.05, 3.63) is 125 Å². The van der Waals surface area contributed by atoms with E-state index < -0.39 is 123 Å². The van der Waals surface area contributed by atoms with Crippen LogP contribution in [0, 0.1) is 68.6 Å². The second kappa shape index (κ2) is 12.7. The van der Waals surface area contributed by atoms with Crippen molar-refractivity contribution in [1.82, 2.24) is 19.9 Å². The quantitative estimate of drug-likeness (QED) is 0.149. The number of nitriles is 4. The molecule has 0 spiro atoms. The van der Waals surface area contributed by atoms with Gasteiger partial charge < -0.3 is 0 Å². The molecule has 2 aliphatic carbocycles. The third kappa shape index (κ3) is 5.33. The highest BCUT2D eigenvalue weighted by atomic mass is 32.1. The zero-order valence-electron chi connectivity index (χ0n) is 24.6. The van der Waals surface area contributed by atoms with Crippen LogP contribution >= 0.6 is 22.7 Å². The van der Waals surface area contributed by atoms with Crippen molar-refractivity contribution >= 4 is 45.0 Å². The third-order valence-electron chi connectivity index (χ3n) is 7.37. The summed E-state index contributed by atoms with van der Waals surface area (Å²) in [7, 11) is 0. The first-order chi connectivity index (χ1) is 24.6. The molecule has 256 valence electrons. The predicted octanol–water partition coefficient (Wildman–Crippen LogP) is 8.30. The van der Waals surface area contributed by atoms with E-state index in [-0.39, 0.29) is 22.7 Å². The minimum atomic E-state index is -5.76. The molecule has 20 heteroatoms. The van der Waals surface area contributed by atoms with Crippen LogP contribution in [0.1, 0.15) is 31.2 Å². The molecule has 0 unspecified atom stereocenters. The van der Waals surface area contributed by atoms with Gasteiger partial charge in [0, 0.05) is 58.2 Å². The summed E-state index contributed by atoms with van der Waals surface area (Å²) in [6.45, 7) is 0. The van der Waals surface area contributed by atoms with Crippen LogP contribution in [0.2, 0.25) is 0 Å². The summed E-state index contributed by atoms with van der Waals surface area (Å²) in [4.78, 5) is 10.5. The molecule has 2 aliphatic rings. The fourth-order valence-corrected chi connectivity index (χ4v) is 7.27. The zero-order chi connectivity index (χ0) is 37.9. The van der Waals surface area contributed by atoms with Crippen molar-refractivity contribution in [2.75, 3.05) is 0 Å². The van der Waals surface area contributed by atoms with E-state index in [1.54, 1.807) is 0 Å². The van der Waals surface area contributed by atoms with Gasteiger partial charge >= 0.3 is 12.4 Å². The van der Waals surface area contributed by atoms with Crippen molar-refractivity contribution in [2.45, 2.75) is 12.4 Å². The van der Waals surface area contributed by atoms with Crippen molar-refractivity contribution in [3.8, 4) is 24.3 Å². The van der Waals surface area contributed by atoms with E-state index in [0.29, 0.717) is 0 Å². The van der Waals surface area contributed by atoms with E-state index in [1.807, 2.05) is 0 Å². The number of nitrogens with zero attached hydrogens (tertiary/aromatic N) is 8. The summed E-state index contributed by atoms with van der Waals surface area (Å²) < 4.78 is 153. The Morgan fingerprint density at radius 2 is 0.846 bits per heavy atom. The van der Waals surface area contributed by atoms with E-state index in [2.05, 4.69) is 19.9 Å². The number of thiophene rings is 2. The predicted molar refractivity (Wildman–Crippen MR) is 160 cm³/mol. The van der Waals surface area contributed by atoms with E-state index in [0.717, 1.165) is 36.9 Å². The Bertz CT molecular complexity index is 2380. The summed E-state index contributed by atoms with van der Waals surface area (Å²) in [6, 6.07) is 7.45. The minimum Gasteiger partial charge on any atom is -0.237 e. The van der Waals surface area contributed by atoms with Gasteiger partial charge in [0.25, 0.3) is 0 Å². The van der Waals surface area contributed by atoms with E-state index in [9.17, 15) is 29.8 Å². The lowest BCUT2D eigenvalue weighted by molar-refractivity contribution is -0.0902. The van der Waals surface area contributed by atoms with Crippen molar-refractivity contribution < 1.29 is 43.9 Å². The largest absolute Gasteiger partial charge is 0.417 e. The van der Waals surface area contributed by atoms with Gasteiger partial charge in [0.15, 0.2) is 34.9 Å². The monoisotopic (exact) mass is 756 g/mol. The maximum atomic E-state index is 15.5. The molecule has 6 rings (SSSR count). The van der Waals surface area contributed by atoms with Crippen LogP contribution in [0.25, 0.3) is 22.3 Å². The Balaban J connectivity index is 1.97. The first-order valence-corrected chi connectivity index (χ1v) is 15.2. The van der Waals surface area contributed by atoms with Gasteiger partial charge in [-0.1, -0.05) is 0 Å². The molecule has 4 aromatic heterocycles. The molecular formula is C32H6F10N8S2. The molecule has 0 saturated carbocycles. The SMILES string of the molecule is N#C/C(=C1C2=C(C(C(F)(F)F)=C/1c1ncccn1)/C(=C(/C#N)c1sc(C#N)c(F)c1F)C(c1ncccn1)=C2C(F)(F)F)c1sc(C#N)c(F)c1F. The highest BCUT2D eigenvalue weighted by molar-refractivity contribution is 7.14. The highest BCUT2D eigenvalue weighted by Gasteiger charge is 2.57. The van der Waals surface area contributed by atoms with Gasteiger partial charge in [-0.2, -0.15) is 47.4 Å². The van der Waals surface area contributed by atoms with Gasteiger partial charge in [0.05, 0.1) is 32.0 Å². The Morgan fingerprint density at radius 1 is 0.519 bits per heavy atom. The fraction of sp³-hybridized carbons (Fsp3) is 0.0625. The molecule has 0 aliphatic heterocycles. The lowest BCUT2D eigenvalue weighted by atomic mass is 9.87. The fourth-order valence-electron chi connectivity index (χ4n) is 5.56. The lowest BCUT2D eigenvalue weighted by Gasteiger charge is -2.21. The van der Waals surface area contributed by atoms with Gasteiger partial charge in [-0.05, 0) is 12.1 Å². The van der Waals surface area contributed by atoms with Crippen LogP contribution in [0.4, 0.5) is 43.9 Å². The molecule has 4 aromatic rings. The van der Waals surface area contributed by atoms with Gasteiger partial charge in [0.2, 0.25) is 0 Å². The number of aromatic nitrogens is 4. The molecule has 0 aromatic carbocycles. The van der Waals surface area contributed by atoms with Gasteiger partial charge in [-0.25, -0.2) is 37.5 Å². The summed E-state index contributed by atoms with van der Waals surface area (Å²) >= 11 is -0.193. The van der Waals surface area contributed by atoms with Crippen LogP contribution in [-0.2, 0) is 0 Å². The van der Waals surface area contributed by atoms with Gasteiger partial charge in [-0.3, -0.25) is 0 Å². The third-order valence-corrected chi connectivity index (χ3v) is 9.49. The Labute approximate surface area is 290 Å². The van der Waals surface area contributed by atoms with Crippen molar-refractivity contribution in [1.29, 1.82) is 21.0 Å². The number of halogens is 10. The Morgan fingerprint density at radius 3 is 1.10 bits per heavy atom. The van der Waals surface area contributed by atoms with Crippen molar-refractivity contribution in [3.63, 3.8) is 0 Å². The standard InChI is InChI=1S/C32H6F10N8S2/c33-23-13(9-45)51-27(25(23)35)11(7-43)15-17-18(21(31(37,38)39)19(15)29-47-3-1-4-48-29)16(12(8-44)28-26(36)24(34)14(10-46)52-28)20(22(17)32(40,41)42)30-49-5-2-6-50-30/h1-6H/b15-11+,16-12+. The zero-order valence-corrected chi connectivity index (χ0v) is 26.3. The molecular weight excluding hydrogens is 751 g/mol. The van der Waals surface area contributed by atoms with Gasteiger partial charge in [-0.15, -0.1) is 22.7 Å². The topological polar surface area (TPSA) is 147 Å². The first kappa shape index (κ1) is 35.3. The molecule has 0 saturated heterocycles. The molecule has 8 nitrogen and oxygen atoms in total. The number of allylic oxidation sites excluding steroid dienone is 10. The highest BCUT2D eigenvalue weighted by Crippen LogP contribution is 2.64. The number of hydrogen-bond donors (Lipinski definition) is 0. The maximum Gasteiger partial charge on any atom is 0.417 e. The van der Waals surface area contributed by atoms with Crippen LogP contribution < -0.4 is 0 Å². The summed E-state index contributed by atoms with van der Waals surface area (Å²) in [6.07, 6.45) is -8.01. The summed E-state index contributed by atoms with van der Waals surface area (Å²) in [5, 5.41) is 39.2. The Hall–Kier alpha value is -6.48. The number of alkyl halides is 6. The molecule has 0 atom stereocenters. The molecule has 4 heterocycles. The Kier molecular flexibility index (Phi) is 8.63. The number of hydrogen-bond acceptors (Lipinski definition) is 10. The maximum absolute atomic E-state index is 15.5. The average molecular weight is 757 g/mol. The average Bonchev–Trinajstić information content (AvgIpc) is 3.81. The second-order valence-electron chi connectivity index (χ2n) is 10.1. The summed E-state index contributed by atoms with van der Waals surface area (Å²) in [5.74, 6) is -9.60. The van der Waals surface area contributed by atoms with Gasteiger partial charge in [0.1, 0.15) is 34.0 Å². The molecule has 52 heavy (non-hydrogen) atoms. The van der Waals surface area contributed by atoms with E-state index in [1.165, 1.54) is 24.3 Å². The lowest BCUT2D eigenvalue weighted by Crippen LogP contribution is -2.18. The van der Waals surface area contributed by atoms with Crippen LogP contribution in [-0.4, -0.2) is 32.3 Å². The minimum absolute atomic E-state index is 0.0964. The van der Waals surface area contributed by atoms with Crippen LogP contribution in [0.5, 0.6) is 0 Å². The van der Waals surface area contributed by atoms with Crippen molar-refractivity contribution in [2.24, 2.45) is 0 Å². The number of rotatable bonds is 4. The van der Waals surface area contributed by atoms with E-state index >= 15 is 35.1 Å². The van der Waals surface area contributed by atoms with Crippen LogP contribution in [0.15, 0.2) is 70.4 Å². The molecule has 0 bridgehead atoms. The first-order valence-electron chi connectivity index (χ1n) is 13.6. The molecule has 0 radical (unpaired) electrons. The normalized spacial score (nSPS) is 16.4.